The standard InChI is InChI=1S/C11H18F3NO/c12-11(13,14)7-16-6-5-10(15)8-3-1-2-4-9(8)10/h8-9H,1-7,15H2. The van der Waals surface area contributed by atoms with E-state index in [1.54, 1.807) is 0 Å². The van der Waals surface area contributed by atoms with Gasteiger partial charge in [0.25, 0.3) is 0 Å². The van der Waals surface area contributed by atoms with Crippen molar-refractivity contribution in [3.63, 3.8) is 0 Å². The fourth-order valence-corrected chi connectivity index (χ4v) is 3.11. The van der Waals surface area contributed by atoms with Crippen LogP contribution in [0.15, 0.2) is 0 Å². The van der Waals surface area contributed by atoms with Gasteiger partial charge in [0.05, 0.1) is 0 Å². The van der Waals surface area contributed by atoms with Crippen LogP contribution in [0.5, 0.6) is 0 Å². The fourth-order valence-electron chi connectivity index (χ4n) is 3.11. The van der Waals surface area contributed by atoms with E-state index in [0.717, 1.165) is 12.8 Å². The van der Waals surface area contributed by atoms with E-state index in [0.29, 0.717) is 18.3 Å². The largest absolute Gasteiger partial charge is 0.411 e. The van der Waals surface area contributed by atoms with Gasteiger partial charge in [-0.1, -0.05) is 12.8 Å². The summed E-state index contributed by atoms with van der Waals surface area (Å²) < 4.78 is 40.1. The molecule has 2 fully saturated rings. The highest BCUT2D eigenvalue weighted by Crippen LogP contribution is 2.58. The maximum absolute atomic E-state index is 11.8. The first-order valence-electron chi connectivity index (χ1n) is 5.87. The molecule has 2 rings (SSSR count). The van der Waals surface area contributed by atoms with Crippen molar-refractivity contribution >= 4 is 0 Å². The molecule has 0 aliphatic heterocycles. The Bertz CT molecular complexity index is 242. The molecule has 2 atom stereocenters. The smallest absolute Gasteiger partial charge is 0.372 e. The second-order valence-electron chi connectivity index (χ2n) is 5.03. The van der Waals surface area contributed by atoms with Gasteiger partial charge < -0.3 is 10.5 Å². The van der Waals surface area contributed by atoms with Crippen LogP contribution in [0, 0.1) is 11.8 Å². The van der Waals surface area contributed by atoms with Gasteiger partial charge in [-0.25, -0.2) is 0 Å². The van der Waals surface area contributed by atoms with E-state index in [4.69, 9.17) is 5.73 Å². The van der Waals surface area contributed by atoms with E-state index < -0.39 is 12.8 Å². The molecule has 0 radical (unpaired) electrons. The van der Waals surface area contributed by atoms with Crippen molar-refractivity contribution in [1.29, 1.82) is 0 Å². The predicted molar refractivity (Wildman–Crippen MR) is 53.9 cm³/mol. The Labute approximate surface area is 93.3 Å². The molecule has 0 amide bonds. The molecule has 94 valence electrons. The Kier molecular flexibility index (Phi) is 3.18. The lowest BCUT2D eigenvalue weighted by atomic mass is 10.0. The molecule has 2 aliphatic rings. The van der Waals surface area contributed by atoms with Crippen molar-refractivity contribution in [3.8, 4) is 0 Å². The van der Waals surface area contributed by atoms with Crippen LogP contribution in [0.2, 0.25) is 0 Å². The first-order chi connectivity index (χ1) is 7.43. The predicted octanol–water partition coefficient (Wildman–Crippen LogP) is 2.47. The van der Waals surface area contributed by atoms with Gasteiger partial charge in [0.2, 0.25) is 0 Å². The molecule has 0 saturated heterocycles. The van der Waals surface area contributed by atoms with Crippen LogP contribution in [0.3, 0.4) is 0 Å². The summed E-state index contributed by atoms with van der Waals surface area (Å²) in [7, 11) is 0. The lowest BCUT2D eigenvalue weighted by Gasteiger charge is -2.12. The number of alkyl halides is 3. The van der Waals surface area contributed by atoms with Gasteiger partial charge in [-0.3, -0.25) is 0 Å². The third-order valence-corrected chi connectivity index (χ3v) is 3.98. The summed E-state index contributed by atoms with van der Waals surface area (Å²) in [5, 5.41) is 0. The van der Waals surface area contributed by atoms with Crippen molar-refractivity contribution in [2.24, 2.45) is 17.6 Å². The first kappa shape index (κ1) is 12.2. The van der Waals surface area contributed by atoms with Crippen molar-refractivity contribution in [2.45, 2.75) is 43.8 Å². The van der Waals surface area contributed by atoms with Crippen LogP contribution in [-0.2, 0) is 4.74 Å². The maximum atomic E-state index is 11.8. The first-order valence-corrected chi connectivity index (χ1v) is 5.87. The minimum atomic E-state index is -4.22. The van der Waals surface area contributed by atoms with Crippen molar-refractivity contribution in [3.05, 3.63) is 0 Å². The van der Waals surface area contributed by atoms with Gasteiger partial charge in [-0.15, -0.1) is 0 Å². The minimum absolute atomic E-state index is 0.128. The Morgan fingerprint density at radius 3 is 2.25 bits per heavy atom. The Morgan fingerprint density at radius 1 is 1.19 bits per heavy atom. The van der Waals surface area contributed by atoms with Gasteiger partial charge >= 0.3 is 6.18 Å². The molecule has 5 heteroatoms. The number of hydrogen-bond acceptors (Lipinski definition) is 2. The number of rotatable bonds is 4. The molecular weight excluding hydrogens is 219 g/mol. The molecule has 0 aromatic rings. The number of fused-ring (bicyclic) bond motifs is 1. The van der Waals surface area contributed by atoms with Gasteiger partial charge in [-0.2, -0.15) is 13.2 Å². The number of hydrogen-bond donors (Lipinski definition) is 1. The molecule has 2 N–H and O–H groups in total. The van der Waals surface area contributed by atoms with Crippen LogP contribution < -0.4 is 5.73 Å². The third kappa shape index (κ3) is 2.51. The minimum Gasteiger partial charge on any atom is -0.372 e. The molecule has 2 unspecified atom stereocenters. The highest BCUT2D eigenvalue weighted by atomic mass is 19.4. The Balaban J connectivity index is 1.67. The zero-order valence-electron chi connectivity index (χ0n) is 9.22. The third-order valence-electron chi connectivity index (χ3n) is 3.98. The van der Waals surface area contributed by atoms with E-state index in [1.807, 2.05) is 0 Å². The van der Waals surface area contributed by atoms with Crippen molar-refractivity contribution < 1.29 is 17.9 Å². The lowest BCUT2D eigenvalue weighted by Crippen LogP contribution is -2.29. The van der Waals surface area contributed by atoms with Gasteiger partial charge in [-0.05, 0) is 31.1 Å². The topological polar surface area (TPSA) is 35.2 Å². The summed E-state index contributed by atoms with van der Waals surface area (Å²) in [5.41, 5.74) is 5.96. The van der Waals surface area contributed by atoms with Crippen LogP contribution in [0.1, 0.15) is 32.1 Å². The molecule has 2 nitrogen and oxygen atoms in total. The summed E-state index contributed by atoms with van der Waals surface area (Å²) in [6.07, 6.45) is 1.05. The number of nitrogens with two attached hydrogens (primary N) is 1. The maximum Gasteiger partial charge on any atom is 0.411 e. The van der Waals surface area contributed by atoms with E-state index in [1.165, 1.54) is 12.8 Å². The van der Waals surface area contributed by atoms with Crippen LogP contribution >= 0.6 is 0 Å². The van der Waals surface area contributed by atoms with E-state index in [9.17, 15) is 13.2 Å². The zero-order valence-corrected chi connectivity index (χ0v) is 9.22. The molecule has 2 aliphatic carbocycles. The summed E-state index contributed by atoms with van der Waals surface area (Å²) in [6.45, 7) is -1.03. The molecule has 16 heavy (non-hydrogen) atoms. The van der Waals surface area contributed by atoms with Crippen LogP contribution in [0.4, 0.5) is 13.2 Å². The highest BCUT2D eigenvalue weighted by molar-refractivity contribution is 5.16. The summed E-state index contributed by atoms with van der Waals surface area (Å²) in [6, 6.07) is 0. The molecule has 0 aromatic heterocycles. The lowest BCUT2D eigenvalue weighted by molar-refractivity contribution is -0.174. The van der Waals surface area contributed by atoms with Gasteiger partial charge in [0.1, 0.15) is 6.61 Å². The molecule has 0 spiro atoms. The monoisotopic (exact) mass is 237 g/mol. The Morgan fingerprint density at radius 2 is 1.75 bits per heavy atom. The van der Waals surface area contributed by atoms with Gasteiger partial charge in [0, 0.05) is 12.1 Å². The average Bonchev–Trinajstić information content (AvgIpc) is 2.80. The van der Waals surface area contributed by atoms with Gasteiger partial charge in [0.15, 0.2) is 0 Å². The summed E-state index contributed by atoms with van der Waals surface area (Å²) >= 11 is 0. The molecule has 0 heterocycles. The van der Waals surface area contributed by atoms with E-state index in [2.05, 4.69) is 4.74 Å². The SMILES string of the molecule is NC1(CCOCC(F)(F)F)C2CCCCC21. The zero-order chi connectivity index (χ0) is 11.8. The summed E-state index contributed by atoms with van der Waals surface area (Å²) in [5.74, 6) is 1.08. The van der Waals surface area contributed by atoms with Crippen molar-refractivity contribution in [1.82, 2.24) is 0 Å². The second-order valence-corrected chi connectivity index (χ2v) is 5.03. The van der Waals surface area contributed by atoms with E-state index >= 15 is 0 Å². The van der Waals surface area contributed by atoms with Crippen LogP contribution in [0.25, 0.3) is 0 Å². The normalized spacial score (nSPS) is 38.2. The molecule has 0 bridgehead atoms. The number of halogens is 3. The van der Waals surface area contributed by atoms with Crippen molar-refractivity contribution in [2.75, 3.05) is 13.2 Å². The van der Waals surface area contributed by atoms with Crippen LogP contribution in [-0.4, -0.2) is 24.9 Å². The quantitative estimate of drug-likeness (QED) is 0.762. The van der Waals surface area contributed by atoms with E-state index in [-0.39, 0.29) is 12.1 Å². The number of ether oxygens (including phenoxy) is 1. The average molecular weight is 237 g/mol. The molecular formula is C11H18F3NO. The molecule has 2 saturated carbocycles. The fraction of sp³-hybridized carbons (Fsp3) is 1.00. The molecule has 0 aromatic carbocycles. The Hall–Kier alpha value is -0.290. The highest BCUT2D eigenvalue weighted by Gasteiger charge is 2.61. The summed E-state index contributed by atoms with van der Waals surface area (Å²) in [4.78, 5) is 0. The second kappa shape index (κ2) is 4.18.